The fourth-order valence-electron chi connectivity index (χ4n) is 4.02. The van der Waals surface area contributed by atoms with E-state index < -0.39 is 10.0 Å². The van der Waals surface area contributed by atoms with E-state index in [2.05, 4.69) is 29.3 Å². The lowest BCUT2D eigenvalue weighted by Crippen LogP contribution is -2.41. The molecule has 2 aromatic heterocycles. The Kier molecular flexibility index (Phi) is 7.20. The third kappa shape index (κ3) is 5.08. The van der Waals surface area contributed by atoms with Crippen LogP contribution in [-0.2, 0) is 21.2 Å². The van der Waals surface area contributed by atoms with Gasteiger partial charge < -0.3 is 9.84 Å². The summed E-state index contributed by atoms with van der Waals surface area (Å²) in [5.74, 6) is 1.07. The molecule has 4 rings (SSSR count). The number of hydrogen-bond donors (Lipinski definition) is 1. The van der Waals surface area contributed by atoms with E-state index in [1.807, 2.05) is 31.2 Å². The molecule has 1 aromatic carbocycles. The Bertz CT molecular complexity index is 1250. The van der Waals surface area contributed by atoms with Crippen LogP contribution < -0.4 is 5.32 Å². The third-order valence-electron chi connectivity index (χ3n) is 6.15. The number of anilines is 1. The van der Waals surface area contributed by atoms with Gasteiger partial charge in [-0.05, 0) is 49.4 Å². The Morgan fingerprint density at radius 1 is 1.24 bits per heavy atom. The molecule has 0 bridgehead atoms. The molecule has 0 saturated carbocycles. The van der Waals surface area contributed by atoms with E-state index in [0.717, 1.165) is 5.69 Å². The molecule has 182 valence electrons. The Morgan fingerprint density at radius 3 is 2.50 bits per heavy atom. The smallest absolute Gasteiger partial charge is 0.244 e. The van der Waals surface area contributed by atoms with Crippen LogP contribution >= 0.6 is 11.3 Å². The second-order valence-electron chi connectivity index (χ2n) is 8.84. The molecule has 34 heavy (non-hydrogen) atoms. The molecule has 1 amide bonds. The van der Waals surface area contributed by atoms with Crippen molar-refractivity contribution in [2.45, 2.75) is 57.8 Å². The second kappa shape index (κ2) is 9.97. The molecular formula is C24H30N4O4S2. The van der Waals surface area contributed by atoms with Gasteiger partial charge in [0.2, 0.25) is 27.6 Å². The van der Waals surface area contributed by atoms with Crippen molar-refractivity contribution in [3.8, 4) is 10.7 Å². The number of piperidine rings is 1. The Morgan fingerprint density at radius 2 is 1.91 bits per heavy atom. The van der Waals surface area contributed by atoms with Crippen molar-refractivity contribution in [3.63, 3.8) is 0 Å². The van der Waals surface area contributed by atoms with Gasteiger partial charge in [-0.2, -0.15) is 9.29 Å². The molecule has 0 unspecified atom stereocenters. The van der Waals surface area contributed by atoms with Crippen molar-refractivity contribution >= 4 is 33.0 Å². The first-order valence-corrected chi connectivity index (χ1v) is 13.8. The van der Waals surface area contributed by atoms with Gasteiger partial charge in [0.05, 0.1) is 9.77 Å². The number of nitrogens with one attached hydrogen (secondary N) is 1. The molecule has 10 heteroatoms. The van der Waals surface area contributed by atoms with Crippen LogP contribution in [0.5, 0.6) is 0 Å². The molecule has 0 radical (unpaired) electrons. The number of rotatable bonds is 7. The van der Waals surface area contributed by atoms with Crippen molar-refractivity contribution in [2.24, 2.45) is 5.92 Å². The van der Waals surface area contributed by atoms with Crippen LogP contribution in [0, 0.1) is 12.8 Å². The summed E-state index contributed by atoms with van der Waals surface area (Å²) in [5, 5.41) is 6.93. The van der Waals surface area contributed by atoms with E-state index in [9.17, 15) is 13.2 Å². The van der Waals surface area contributed by atoms with Gasteiger partial charge in [0, 0.05) is 36.0 Å². The molecule has 1 aliphatic heterocycles. The lowest BCUT2D eigenvalue weighted by molar-refractivity contribution is -0.120. The first-order chi connectivity index (χ1) is 16.2. The van der Waals surface area contributed by atoms with Crippen LogP contribution in [-0.4, -0.2) is 41.9 Å². The number of sulfonamides is 1. The first kappa shape index (κ1) is 24.6. The minimum Gasteiger partial charge on any atom is -0.339 e. The molecule has 1 N–H and O–H groups in total. The predicted octanol–water partition coefficient (Wildman–Crippen LogP) is 4.83. The van der Waals surface area contributed by atoms with Crippen molar-refractivity contribution < 1.29 is 17.7 Å². The van der Waals surface area contributed by atoms with Gasteiger partial charge in [-0.25, -0.2) is 8.42 Å². The molecule has 1 aliphatic rings. The highest BCUT2D eigenvalue weighted by molar-refractivity contribution is 7.89. The summed E-state index contributed by atoms with van der Waals surface area (Å²) in [7, 11) is -3.67. The average molecular weight is 503 g/mol. The van der Waals surface area contributed by atoms with Crippen LogP contribution in [0.2, 0.25) is 0 Å². The Labute approximate surface area is 204 Å². The largest absolute Gasteiger partial charge is 0.339 e. The van der Waals surface area contributed by atoms with Gasteiger partial charge in [0.1, 0.15) is 0 Å². The molecule has 1 saturated heterocycles. The second-order valence-corrected chi connectivity index (χ2v) is 12.0. The van der Waals surface area contributed by atoms with Crippen LogP contribution in [0.15, 0.2) is 39.8 Å². The summed E-state index contributed by atoms with van der Waals surface area (Å²) in [6.45, 7) is 8.56. The van der Waals surface area contributed by atoms with Gasteiger partial charge in [0.15, 0.2) is 0 Å². The molecule has 8 nitrogen and oxygen atoms in total. The summed E-state index contributed by atoms with van der Waals surface area (Å²) < 4.78 is 33.3. The van der Waals surface area contributed by atoms with Gasteiger partial charge in [-0.1, -0.05) is 38.1 Å². The molecule has 0 spiro atoms. The number of carbonyl (C=O) groups excluding carboxylic acids is 1. The molecule has 0 atom stereocenters. The molecule has 0 aliphatic carbocycles. The van der Waals surface area contributed by atoms with Gasteiger partial charge >= 0.3 is 0 Å². The normalized spacial score (nSPS) is 15.7. The van der Waals surface area contributed by atoms with E-state index in [-0.39, 0.29) is 16.7 Å². The molecule has 3 aromatic rings. The van der Waals surface area contributed by atoms with Gasteiger partial charge in [-0.15, -0.1) is 11.3 Å². The number of aromatic nitrogens is 2. The van der Waals surface area contributed by atoms with Gasteiger partial charge in [-0.3, -0.25) is 4.79 Å². The topological polar surface area (TPSA) is 105 Å². The predicted molar refractivity (Wildman–Crippen MR) is 132 cm³/mol. The van der Waals surface area contributed by atoms with Crippen molar-refractivity contribution in [3.05, 3.63) is 46.7 Å². The van der Waals surface area contributed by atoms with Crippen molar-refractivity contribution in [1.29, 1.82) is 0 Å². The van der Waals surface area contributed by atoms with E-state index >= 15 is 0 Å². The zero-order valence-corrected chi connectivity index (χ0v) is 21.5. The van der Waals surface area contributed by atoms with Crippen molar-refractivity contribution in [1.82, 2.24) is 14.4 Å². The van der Waals surface area contributed by atoms with E-state index in [4.69, 9.17) is 4.52 Å². The number of aryl methyl sites for hydroxylation is 2. The number of thiophene rings is 1. The molecule has 3 heterocycles. The Balaban J connectivity index is 1.40. The van der Waals surface area contributed by atoms with Crippen LogP contribution in [0.25, 0.3) is 10.7 Å². The molecule has 1 fully saturated rings. The zero-order chi connectivity index (χ0) is 24.5. The lowest BCUT2D eigenvalue weighted by Gasteiger charge is -2.30. The van der Waals surface area contributed by atoms with Gasteiger partial charge in [0.25, 0.3) is 0 Å². The SMILES string of the molecule is CCc1nc(-c2cc(S(=O)(=O)N3CCC(C(=O)Nc4ccc(C(C)C)cc4)CC3)c(C)s2)no1. The number of nitrogens with zero attached hydrogens (tertiary/aromatic N) is 3. The minimum absolute atomic E-state index is 0.0628. The maximum absolute atomic E-state index is 13.3. The summed E-state index contributed by atoms with van der Waals surface area (Å²) in [5.41, 5.74) is 1.98. The summed E-state index contributed by atoms with van der Waals surface area (Å²) in [6, 6.07) is 9.49. The average Bonchev–Trinajstić information content (AvgIpc) is 3.46. The lowest BCUT2D eigenvalue weighted by atomic mass is 9.97. The highest BCUT2D eigenvalue weighted by Crippen LogP contribution is 2.35. The minimum atomic E-state index is -3.67. The number of hydrogen-bond acceptors (Lipinski definition) is 7. The van der Waals surface area contributed by atoms with Crippen LogP contribution in [0.4, 0.5) is 5.69 Å². The number of benzene rings is 1. The van der Waals surface area contributed by atoms with Crippen LogP contribution in [0.1, 0.15) is 55.9 Å². The standard InChI is InChI=1S/C24H30N4O4S2/c1-5-22-26-23(27-32-22)20-14-21(16(4)33-20)34(30,31)28-12-10-18(11-13-28)24(29)25-19-8-6-17(7-9-19)15(2)3/h6-9,14-15,18H,5,10-13H2,1-4H3,(H,25,29). The molecular weight excluding hydrogens is 472 g/mol. The zero-order valence-electron chi connectivity index (χ0n) is 19.9. The first-order valence-electron chi connectivity index (χ1n) is 11.5. The maximum Gasteiger partial charge on any atom is 0.244 e. The fourth-order valence-corrected chi connectivity index (χ4v) is 6.98. The number of carbonyl (C=O) groups is 1. The highest BCUT2D eigenvalue weighted by atomic mass is 32.2. The van der Waals surface area contributed by atoms with E-state index in [1.165, 1.54) is 21.2 Å². The highest BCUT2D eigenvalue weighted by Gasteiger charge is 2.34. The number of amides is 1. The third-order valence-corrected chi connectivity index (χ3v) is 9.35. The Hall–Kier alpha value is -2.56. The van der Waals surface area contributed by atoms with Crippen molar-refractivity contribution in [2.75, 3.05) is 18.4 Å². The van der Waals surface area contributed by atoms with E-state index in [0.29, 0.717) is 59.7 Å². The van der Waals surface area contributed by atoms with E-state index in [1.54, 1.807) is 13.0 Å². The summed E-state index contributed by atoms with van der Waals surface area (Å²) in [6.07, 6.45) is 1.58. The van der Waals surface area contributed by atoms with Crippen LogP contribution in [0.3, 0.4) is 0 Å². The summed E-state index contributed by atoms with van der Waals surface area (Å²) in [4.78, 5) is 18.7. The maximum atomic E-state index is 13.3. The monoisotopic (exact) mass is 502 g/mol. The fraction of sp³-hybridized carbons (Fsp3) is 0.458. The summed E-state index contributed by atoms with van der Waals surface area (Å²) >= 11 is 1.34. The quantitative estimate of drug-likeness (QED) is 0.496.